The van der Waals surface area contributed by atoms with Crippen molar-refractivity contribution in [2.75, 3.05) is 4.90 Å². The Hall–Kier alpha value is -7.74. The Morgan fingerprint density at radius 2 is 0.678 bits per heavy atom. The zero-order valence-corrected chi connectivity index (χ0v) is 32.6. The summed E-state index contributed by atoms with van der Waals surface area (Å²) in [5.74, 6) is 0. The Balaban J connectivity index is 1.17. The number of rotatable bonds is 9. The maximum absolute atomic E-state index is 2.46. The summed E-state index contributed by atoms with van der Waals surface area (Å²) < 4.78 is 0. The van der Waals surface area contributed by atoms with Crippen LogP contribution in [0.3, 0.4) is 0 Å². The van der Waals surface area contributed by atoms with Crippen LogP contribution in [0, 0.1) is 0 Å². The van der Waals surface area contributed by atoms with E-state index in [1.807, 2.05) is 0 Å². The molecule has 0 bridgehead atoms. The highest BCUT2D eigenvalue weighted by Gasteiger charge is 2.22. The lowest BCUT2D eigenvalue weighted by Crippen LogP contribution is -2.12. The molecule has 0 aliphatic rings. The van der Waals surface area contributed by atoms with Gasteiger partial charge in [-0.25, -0.2) is 0 Å². The summed E-state index contributed by atoms with van der Waals surface area (Å²) in [4.78, 5) is 2.46. The van der Waals surface area contributed by atoms with Crippen molar-refractivity contribution in [2.24, 2.45) is 0 Å². The lowest BCUT2D eigenvalue weighted by molar-refractivity contribution is 1.28. The van der Waals surface area contributed by atoms with Crippen LogP contribution in [0.15, 0.2) is 249 Å². The summed E-state index contributed by atoms with van der Waals surface area (Å²) in [7, 11) is 0. The standard InChI is InChI=1S/C58H41N/c1-5-18-43(19-6-1)53-38-34-48(40-56(53)47-24-11-4-12-25-47)42-32-36-50(37-33-42)59(57-31-16-15-29-54(57)45-20-7-2-8-21-45)58-41-49(35-39-55(58)46-22-9-3-10-23-46)52-30-17-27-44-26-13-14-28-51(44)52/h1-41H. The van der Waals surface area contributed by atoms with Crippen molar-refractivity contribution in [3.63, 3.8) is 0 Å². The first-order valence-corrected chi connectivity index (χ1v) is 20.3. The molecule has 0 N–H and O–H groups in total. The van der Waals surface area contributed by atoms with E-state index in [1.165, 1.54) is 55.3 Å². The summed E-state index contributed by atoms with van der Waals surface area (Å²) >= 11 is 0. The summed E-state index contributed by atoms with van der Waals surface area (Å²) in [5.41, 5.74) is 17.5. The van der Waals surface area contributed by atoms with Crippen molar-refractivity contribution < 1.29 is 0 Å². The lowest BCUT2D eigenvalue weighted by Gasteiger charge is -2.30. The molecule has 0 aliphatic carbocycles. The number of anilines is 3. The highest BCUT2D eigenvalue weighted by atomic mass is 15.1. The van der Waals surface area contributed by atoms with Gasteiger partial charge in [-0.2, -0.15) is 0 Å². The van der Waals surface area contributed by atoms with Crippen LogP contribution >= 0.6 is 0 Å². The van der Waals surface area contributed by atoms with Crippen LogP contribution < -0.4 is 4.90 Å². The number of hydrogen-bond donors (Lipinski definition) is 0. The third kappa shape index (κ3) is 7.12. The molecule has 10 rings (SSSR count). The highest BCUT2D eigenvalue weighted by molar-refractivity contribution is 6.00. The minimum absolute atomic E-state index is 1.08. The van der Waals surface area contributed by atoms with Gasteiger partial charge < -0.3 is 4.90 Å². The number of benzene rings is 10. The summed E-state index contributed by atoms with van der Waals surface area (Å²) in [6.07, 6.45) is 0. The van der Waals surface area contributed by atoms with Gasteiger partial charge in [0.05, 0.1) is 11.4 Å². The van der Waals surface area contributed by atoms with E-state index in [1.54, 1.807) is 0 Å². The maximum atomic E-state index is 2.46. The molecule has 0 aromatic heterocycles. The molecule has 0 atom stereocenters. The van der Waals surface area contributed by atoms with Crippen molar-refractivity contribution in [3.05, 3.63) is 249 Å². The molecule has 278 valence electrons. The van der Waals surface area contributed by atoms with Gasteiger partial charge >= 0.3 is 0 Å². The first-order valence-electron chi connectivity index (χ1n) is 20.3. The number of hydrogen-bond acceptors (Lipinski definition) is 1. The number of nitrogens with zero attached hydrogens (tertiary/aromatic N) is 1. The molecular weight excluding hydrogens is 711 g/mol. The van der Waals surface area contributed by atoms with Crippen molar-refractivity contribution >= 4 is 27.8 Å². The molecule has 59 heavy (non-hydrogen) atoms. The molecule has 1 nitrogen and oxygen atoms in total. The van der Waals surface area contributed by atoms with E-state index < -0.39 is 0 Å². The topological polar surface area (TPSA) is 3.24 Å². The predicted molar refractivity (Wildman–Crippen MR) is 251 cm³/mol. The first kappa shape index (κ1) is 35.7. The van der Waals surface area contributed by atoms with Crippen LogP contribution in [-0.4, -0.2) is 0 Å². The van der Waals surface area contributed by atoms with Crippen molar-refractivity contribution in [1.29, 1.82) is 0 Å². The smallest absolute Gasteiger partial charge is 0.0546 e. The average Bonchev–Trinajstić information content (AvgIpc) is 3.33. The fourth-order valence-corrected chi connectivity index (χ4v) is 8.41. The van der Waals surface area contributed by atoms with Crippen molar-refractivity contribution in [3.8, 4) is 66.8 Å². The molecule has 0 heterocycles. The fourth-order valence-electron chi connectivity index (χ4n) is 8.41. The van der Waals surface area contributed by atoms with Gasteiger partial charge in [-0.3, -0.25) is 0 Å². The third-order valence-electron chi connectivity index (χ3n) is 11.3. The SMILES string of the molecule is c1ccc(-c2ccc(-c3ccc(N(c4ccccc4-c4ccccc4)c4cc(-c5cccc6ccccc56)ccc4-c4ccccc4)cc3)cc2-c2ccccc2)cc1. The molecule has 0 aliphatic heterocycles. The average molecular weight is 752 g/mol. The molecule has 0 unspecified atom stereocenters. The third-order valence-corrected chi connectivity index (χ3v) is 11.3. The minimum Gasteiger partial charge on any atom is -0.309 e. The molecule has 1 heteroatoms. The number of para-hydroxylation sites is 1. The van der Waals surface area contributed by atoms with Gasteiger partial charge in [0, 0.05) is 16.8 Å². The van der Waals surface area contributed by atoms with Gasteiger partial charge in [0.1, 0.15) is 0 Å². The van der Waals surface area contributed by atoms with E-state index in [0.29, 0.717) is 0 Å². The molecule has 0 saturated carbocycles. The van der Waals surface area contributed by atoms with E-state index in [4.69, 9.17) is 0 Å². The fraction of sp³-hybridized carbons (Fsp3) is 0. The van der Waals surface area contributed by atoms with Gasteiger partial charge in [-0.05, 0) is 96.7 Å². The molecular formula is C58H41N. The molecule has 0 radical (unpaired) electrons. The van der Waals surface area contributed by atoms with E-state index in [9.17, 15) is 0 Å². The van der Waals surface area contributed by atoms with Gasteiger partial charge in [0.2, 0.25) is 0 Å². The normalized spacial score (nSPS) is 11.1. The molecule has 10 aromatic rings. The van der Waals surface area contributed by atoms with Crippen LogP contribution in [0.2, 0.25) is 0 Å². The Morgan fingerprint density at radius 1 is 0.220 bits per heavy atom. The predicted octanol–water partition coefficient (Wildman–Crippen LogP) is 16.3. The Labute approximate surface area is 346 Å². The van der Waals surface area contributed by atoms with Crippen LogP contribution in [0.1, 0.15) is 0 Å². The van der Waals surface area contributed by atoms with Gasteiger partial charge in [-0.1, -0.05) is 218 Å². The van der Waals surface area contributed by atoms with Crippen LogP contribution in [0.4, 0.5) is 17.1 Å². The molecule has 10 aromatic carbocycles. The summed E-state index contributed by atoms with van der Waals surface area (Å²) in [6.45, 7) is 0. The summed E-state index contributed by atoms with van der Waals surface area (Å²) in [5, 5.41) is 2.47. The Morgan fingerprint density at radius 3 is 1.34 bits per heavy atom. The lowest BCUT2D eigenvalue weighted by atomic mass is 9.91. The quantitative estimate of drug-likeness (QED) is 0.142. The zero-order chi connectivity index (χ0) is 39.4. The maximum Gasteiger partial charge on any atom is 0.0546 e. The van der Waals surface area contributed by atoms with Crippen LogP contribution in [-0.2, 0) is 0 Å². The van der Waals surface area contributed by atoms with Gasteiger partial charge in [-0.15, -0.1) is 0 Å². The van der Waals surface area contributed by atoms with E-state index >= 15 is 0 Å². The van der Waals surface area contributed by atoms with Crippen molar-refractivity contribution in [1.82, 2.24) is 0 Å². The molecule has 0 spiro atoms. The van der Waals surface area contributed by atoms with Gasteiger partial charge in [0.15, 0.2) is 0 Å². The Kier molecular flexibility index (Phi) is 9.68. The first-order chi connectivity index (χ1) is 29.3. The van der Waals surface area contributed by atoms with E-state index in [2.05, 4.69) is 254 Å². The van der Waals surface area contributed by atoms with E-state index in [-0.39, 0.29) is 0 Å². The van der Waals surface area contributed by atoms with Gasteiger partial charge in [0.25, 0.3) is 0 Å². The molecule has 0 amide bonds. The second-order valence-corrected chi connectivity index (χ2v) is 14.9. The minimum atomic E-state index is 1.08. The Bertz CT molecular complexity index is 3000. The number of fused-ring (bicyclic) bond motifs is 1. The van der Waals surface area contributed by atoms with Crippen molar-refractivity contribution in [2.45, 2.75) is 0 Å². The second-order valence-electron chi connectivity index (χ2n) is 14.9. The van der Waals surface area contributed by atoms with E-state index in [0.717, 1.165) is 39.3 Å². The van der Waals surface area contributed by atoms with Crippen LogP contribution in [0.25, 0.3) is 77.5 Å². The zero-order valence-electron chi connectivity index (χ0n) is 32.6. The van der Waals surface area contributed by atoms with Crippen LogP contribution in [0.5, 0.6) is 0 Å². The molecule has 0 fully saturated rings. The highest BCUT2D eigenvalue weighted by Crippen LogP contribution is 2.47. The monoisotopic (exact) mass is 751 g/mol. The molecule has 0 saturated heterocycles. The second kappa shape index (κ2) is 16.0. The summed E-state index contributed by atoms with van der Waals surface area (Å²) in [6, 6.07) is 89.9. The largest absolute Gasteiger partial charge is 0.309 e.